The highest BCUT2D eigenvalue weighted by molar-refractivity contribution is 6.30. The van der Waals surface area contributed by atoms with Crippen LogP contribution in [0.25, 0.3) is 5.65 Å². The Balaban J connectivity index is 1.51. The van der Waals surface area contributed by atoms with Crippen LogP contribution in [0, 0.1) is 6.92 Å². The van der Waals surface area contributed by atoms with E-state index in [2.05, 4.69) is 15.2 Å². The van der Waals surface area contributed by atoms with Crippen molar-refractivity contribution in [2.24, 2.45) is 0 Å². The number of fused-ring (bicyclic) bond motifs is 1. The average Bonchev–Trinajstić information content (AvgIpc) is 3.16. The van der Waals surface area contributed by atoms with Crippen LogP contribution < -0.4 is 5.32 Å². The van der Waals surface area contributed by atoms with E-state index in [9.17, 15) is 4.79 Å². The number of hydrogen-bond acceptors (Lipinski definition) is 4. The van der Waals surface area contributed by atoms with Crippen molar-refractivity contribution in [1.82, 2.24) is 19.6 Å². The van der Waals surface area contributed by atoms with Gasteiger partial charge in [0, 0.05) is 36.5 Å². The number of carbonyl (C=O) groups is 1. The van der Waals surface area contributed by atoms with Crippen LogP contribution in [0.4, 0.5) is 0 Å². The van der Waals surface area contributed by atoms with Gasteiger partial charge in [-0.2, -0.15) is 0 Å². The molecular formula is C21H23ClN4O2. The van der Waals surface area contributed by atoms with Gasteiger partial charge in [0.15, 0.2) is 0 Å². The third kappa shape index (κ3) is 4.04. The van der Waals surface area contributed by atoms with E-state index >= 15 is 0 Å². The Morgan fingerprint density at radius 2 is 1.96 bits per heavy atom. The zero-order valence-electron chi connectivity index (χ0n) is 15.8. The predicted molar refractivity (Wildman–Crippen MR) is 109 cm³/mol. The van der Waals surface area contributed by atoms with E-state index in [0.717, 1.165) is 30.0 Å². The number of pyridine rings is 1. The lowest BCUT2D eigenvalue weighted by Crippen LogP contribution is -2.43. The molecule has 1 unspecified atom stereocenters. The monoisotopic (exact) mass is 398 g/mol. The molecule has 1 aromatic carbocycles. The smallest absolute Gasteiger partial charge is 0.271 e. The lowest BCUT2D eigenvalue weighted by molar-refractivity contribution is 0.0162. The van der Waals surface area contributed by atoms with Gasteiger partial charge in [-0.05, 0) is 36.8 Å². The number of ether oxygens (including phenoxy) is 1. The summed E-state index contributed by atoms with van der Waals surface area (Å²) < 4.78 is 7.41. The zero-order valence-corrected chi connectivity index (χ0v) is 16.5. The summed E-state index contributed by atoms with van der Waals surface area (Å²) in [5, 5.41) is 3.76. The molecule has 6 nitrogen and oxygen atoms in total. The Kier molecular flexibility index (Phi) is 5.62. The van der Waals surface area contributed by atoms with Crippen molar-refractivity contribution in [3.8, 4) is 0 Å². The molecule has 0 aliphatic carbocycles. The highest BCUT2D eigenvalue weighted by atomic mass is 35.5. The molecule has 0 bridgehead atoms. The van der Waals surface area contributed by atoms with Crippen LogP contribution in [-0.4, -0.2) is 53.0 Å². The Bertz CT molecular complexity index is 964. The zero-order chi connectivity index (χ0) is 19.5. The molecule has 0 radical (unpaired) electrons. The number of hydrogen-bond donors (Lipinski definition) is 1. The summed E-state index contributed by atoms with van der Waals surface area (Å²) in [5.41, 5.74) is 3.35. The summed E-state index contributed by atoms with van der Waals surface area (Å²) in [6.45, 7) is 5.54. The van der Waals surface area contributed by atoms with Crippen LogP contribution in [-0.2, 0) is 4.74 Å². The summed E-state index contributed by atoms with van der Waals surface area (Å²) in [6.07, 6.45) is 1.78. The molecule has 1 N–H and O–H groups in total. The van der Waals surface area contributed by atoms with Crippen LogP contribution in [0.2, 0.25) is 5.02 Å². The van der Waals surface area contributed by atoms with Gasteiger partial charge in [-0.15, -0.1) is 0 Å². The predicted octanol–water partition coefficient (Wildman–Crippen LogP) is 3.10. The van der Waals surface area contributed by atoms with Crippen molar-refractivity contribution in [2.75, 3.05) is 32.8 Å². The summed E-state index contributed by atoms with van der Waals surface area (Å²) >= 11 is 6.05. The van der Waals surface area contributed by atoms with E-state index in [1.807, 2.05) is 53.8 Å². The highest BCUT2D eigenvalue weighted by Gasteiger charge is 2.24. The highest BCUT2D eigenvalue weighted by Crippen LogP contribution is 2.23. The lowest BCUT2D eigenvalue weighted by atomic mass is 10.0. The van der Waals surface area contributed by atoms with E-state index < -0.39 is 0 Å². The van der Waals surface area contributed by atoms with Gasteiger partial charge in [0.2, 0.25) is 0 Å². The minimum absolute atomic E-state index is 0.0592. The SMILES string of the molecule is Cc1cccc2nc(C(=O)NCC(c3ccc(Cl)cc3)N3CCOCC3)cn12. The first kappa shape index (κ1) is 18.9. The fourth-order valence-corrected chi connectivity index (χ4v) is 3.70. The molecule has 1 amide bonds. The van der Waals surface area contributed by atoms with E-state index in [-0.39, 0.29) is 11.9 Å². The van der Waals surface area contributed by atoms with Gasteiger partial charge in [-0.3, -0.25) is 9.69 Å². The van der Waals surface area contributed by atoms with Gasteiger partial charge < -0.3 is 14.5 Å². The number of rotatable bonds is 5. The van der Waals surface area contributed by atoms with Crippen LogP contribution in [0.1, 0.15) is 27.8 Å². The van der Waals surface area contributed by atoms with Crippen LogP contribution >= 0.6 is 11.6 Å². The Hall–Kier alpha value is -2.41. The normalized spacial score (nSPS) is 16.2. The number of amides is 1. The van der Waals surface area contributed by atoms with Crippen LogP contribution in [0.3, 0.4) is 0 Å². The van der Waals surface area contributed by atoms with Crippen LogP contribution in [0.5, 0.6) is 0 Å². The number of nitrogens with zero attached hydrogens (tertiary/aromatic N) is 3. The minimum atomic E-state index is -0.171. The molecule has 0 saturated carbocycles. The van der Waals surface area contributed by atoms with Gasteiger partial charge >= 0.3 is 0 Å². The third-order valence-electron chi connectivity index (χ3n) is 5.13. The molecule has 3 heterocycles. The molecule has 28 heavy (non-hydrogen) atoms. The number of aromatic nitrogens is 2. The largest absolute Gasteiger partial charge is 0.379 e. The summed E-state index contributed by atoms with van der Waals surface area (Å²) in [4.78, 5) is 19.5. The molecule has 1 aliphatic heterocycles. The second kappa shape index (κ2) is 8.31. The average molecular weight is 399 g/mol. The molecule has 2 aromatic heterocycles. The second-order valence-corrected chi connectivity index (χ2v) is 7.38. The van der Waals surface area contributed by atoms with Crippen molar-refractivity contribution in [3.05, 3.63) is 70.6 Å². The first-order valence-electron chi connectivity index (χ1n) is 9.42. The first-order valence-corrected chi connectivity index (χ1v) is 9.80. The number of aryl methyl sites for hydroxylation is 1. The van der Waals surface area contributed by atoms with Crippen molar-refractivity contribution in [3.63, 3.8) is 0 Å². The molecule has 1 saturated heterocycles. The van der Waals surface area contributed by atoms with Crippen molar-refractivity contribution < 1.29 is 9.53 Å². The van der Waals surface area contributed by atoms with Gasteiger partial charge in [0.1, 0.15) is 11.3 Å². The standard InChI is InChI=1S/C21H23ClN4O2/c1-15-3-2-4-20-24-18(14-26(15)20)21(27)23-13-19(25-9-11-28-12-10-25)16-5-7-17(22)8-6-16/h2-8,14,19H,9-13H2,1H3,(H,23,27). The number of benzene rings is 1. The van der Waals surface area contributed by atoms with E-state index in [4.69, 9.17) is 16.3 Å². The number of nitrogens with one attached hydrogen (secondary N) is 1. The second-order valence-electron chi connectivity index (χ2n) is 6.95. The number of halogens is 1. The quantitative estimate of drug-likeness (QED) is 0.717. The number of imidazole rings is 1. The first-order chi connectivity index (χ1) is 13.6. The molecule has 0 spiro atoms. The van der Waals surface area contributed by atoms with Gasteiger partial charge in [-0.25, -0.2) is 4.98 Å². The number of morpholine rings is 1. The molecule has 7 heteroatoms. The van der Waals surface area contributed by atoms with Gasteiger partial charge in [0.05, 0.1) is 19.3 Å². The van der Waals surface area contributed by atoms with Crippen molar-refractivity contribution in [2.45, 2.75) is 13.0 Å². The number of carbonyl (C=O) groups excluding carboxylic acids is 1. The Labute approximate surface area is 169 Å². The molecule has 1 fully saturated rings. The maximum Gasteiger partial charge on any atom is 0.271 e. The minimum Gasteiger partial charge on any atom is -0.379 e. The van der Waals surface area contributed by atoms with E-state index in [1.165, 1.54) is 0 Å². The molecule has 4 rings (SSSR count). The topological polar surface area (TPSA) is 58.9 Å². The summed E-state index contributed by atoms with van der Waals surface area (Å²) in [6, 6.07) is 13.7. The van der Waals surface area contributed by atoms with E-state index in [1.54, 1.807) is 6.20 Å². The van der Waals surface area contributed by atoms with Crippen LogP contribution in [0.15, 0.2) is 48.7 Å². The summed E-state index contributed by atoms with van der Waals surface area (Å²) in [5.74, 6) is -0.171. The third-order valence-corrected chi connectivity index (χ3v) is 5.38. The van der Waals surface area contributed by atoms with Gasteiger partial charge in [-0.1, -0.05) is 29.8 Å². The summed E-state index contributed by atoms with van der Waals surface area (Å²) in [7, 11) is 0. The van der Waals surface area contributed by atoms with Gasteiger partial charge in [0.25, 0.3) is 5.91 Å². The Morgan fingerprint density at radius 1 is 1.21 bits per heavy atom. The Morgan fingerprint density at radius 3 is 2.68 bits per heavy atom. The fraction of sp³-hybridized carbons (Fsp3) is 0.333. The maximum absolute atomic E-state index is 12.7. The molecule has 146 valence electrons. The molecular weight excluding hydrogens is 376 g/mol. The molecule has 3 aromatic rings. The molecule has 1 aliphatic rings. The van der Waals surface area contributed by atoms with Crippen molar-refractivity contribution in [1.29, 1.82) is 0 Å². The fourth-order valence-electron chi connectivity index (χ4n) is 3.57. The van der Waals surface area contributed by atoms with Crippen molar-refractivity contribution >= 4 is 23.2 Å². The molecule has 1 atom stereocenters. The maximum atomic E-state index is 12.7. The lowest BCUT2D eigenvalue weighted by Gasteiger charge is -2.34. The van der Waals surface area contributed by atoms with E-state index in [0.29, 0.717) is 30.5 Å².